The van der Waals surface area contributed by atoms with E-state index in [9.17, 15) is 4.79 Å². The third kappa shape index (κ3) is 2.84. The molecule has 32 heavy (non-hydrogen) atoms. The molecule has 0 amide bonds. The van der Waals surface area contributed by atoms with Gasteiger partial charge in [0.2, 0.25) is 0 Å². The van der Waals surface area contributed by atoms with Gasteiger partial charge in [-0.15, -0.1) is 0 Å². The van der Waals surface area contributed by atoms with Gasteiger partial charge in [-0.25, -0.2) is 4.79 Å². The molecular weight excluding hydrogens is 400 g/mol. The summed E-state index contributed by atoms with van der Waals surface area (Å²) in [4.78, 5) is 12.2. The summed E-state index contributed by atoms with van der Waals surface area (Å²) in [6, 6.07) is 12.4. The molecule has 0 spiro atoms. The van der Waals surface area contributed by atoms with E-state index in [4.69, 9.17) is 14.2 Å². The van der Waals surface area contributed by atoms with E-state index in [1.54, 1.807) is 13.2 Å². The quantitative estimate of drug-likeness (QED) is 0.586. The van der Waals surface area contributed by atoms with Crippen molar-refractivity contribution < 1.29 is 19.0 Å². The zero-order chi connectivity index (χ0) is 22.1. The lowest BCUT2D eigenvalue weighted by Crippen LogP contribution is -2.48. The largest absolute Gasteiger partial charge is 0.496 e. The third-order valence-electron chi connectivity index (χ3n) is 8.96. The summed E-state index contributed by atoms with van der Waals surface area (Å²) in [6.45, 7) is 2.80. The molecule has 1 heterocycles. The fourth-order valence-corrected chi connectivity index (χ4v) is 7.78. The van der Waals surface area contributed by atoms with Crippen LogP contribution in [0.25, 0.3) is 0 Å². The molecule has 1 atom stereocenters. The number of fused-ring (bicyclic) bond motifs is 1. The first-order valence-corrected chi connectivity index (χ1v) is 12.0. The van der Waals surface area contributed by atoms with Gasteiger partial charge >= 0.3 is 5.97 Å². The number of hydrogen-bond acceptors (Lipinski definition) is 4. The van der Waals surface area contributed by atoms with Crippen molar-refractivity contribution >= 4 is 5.97 Å². The molecular formula is C28H32O4. The highest BCUT2D eigenvalue weighted by molar-refractivity contribution is 5.90. The first kappa shape index (κ1) is 20.1. The van der Waals surface area contributed by atoms with Gasteiger partial charge in [-0.2, -0.15) is 0 Å². The molecule has 0 N–H and O–H groups in total. The van der Waals surface area contributed by atoms with Crippen LogP contribution in [0.3, 0.4) is 0 Å². The standard InChI is InChI=1S/C28H32O4/c1-27(16-32-25-6-4-20(11-22(25)27)26(29)31-3)21-5-7-24(30-2)23(12-21)28-13-17-8-18(14-28)10-19(9-17)15-28/h4-7,11-12,17-19H,8-10,13-16H2,1-3H3. The van der Waals surface area contributed by atoms with Crippen molar-refractivity contribution in [1.82, 2.24) is 0 Å². The fraction of sp³-hybridized carbons (Fsp3) is 0.536. The molecule has 1 aliphatic heterocycles. The Morgan fingerprint density at radius 3 is 2.25 bits per heavy atom. The Balaban J connectivity index is 1.45. The van der Waals surface area contributed by atoms with Crippen molar-refractivity contribution in [2.75, 3.05) is 20.8 Å². The Morgan fingerprint density at radius 1 is 0.938 bits per heavy atom. The summed E-state index contributed by atoms with van der Waals surface area (Å²) >= 11 is 0. The molecule has 5 aliphatic rings. The molecule has 168 valence electrons. The summed E-state index contributed by atoms with van der Waals surface area (Å²) in [6.07, 6.45) is 8.18. The second kappa shape index (κ2) is 7.00. The second-order valence-corrected chi connectivity index (χ2v) is 10.9. The highest BCUT2D eigenvalue weighted by Crippen LogP contribution is 2.62. The fourth-order valence-electron chi connectivity index (χ4n) is 7.78. The molecule has 2 aromatic rings. The maximum absolute atomic E-state index is 12.2. The highest BCUT2D eigenvalue weighted by Gasteiger charge is 2.53. The Hall–Kier alpha value is -2.49. The molecule has 7 rings (SSSR count). The predicted octanol–water partition coefficient (Wildman–Crippen LogP) is 5.65. The topological polar surface area (TPSA) is 44.8 Å². The predicted molar refractivity (Wildman–Crippen MR) is 123 cm³/mol. The molecule has 2 aromatic carbocycles. The molecule has 4 fully saturated rings. The lowest BCUT2D eigenvalue weighted by Gasteiger charge is -2.57. The maximum Gasteiger partial charge on any atom is 0.337 e. The van der Waals surface area contributed by atoms with Gasteiger partial charge < -0.3 is 14.2 Å². The van der Waals surface area contributed by atoms with Crippen molar-refractivity contribution in [1.29, 1.82) is 0 Å². The molecule has 4 heteroatoms. The minimum Gasteiger partial charge on any atom is -0.496 e. The van der Waals surface area contributed by atoms with Crippen LogP contribution in [0.4, 0.5) is 0 Å². The molecule has 0 aromatic heterocycles. The van der Waals surface area contributed by atoms with Crippen LogP contribution in [-0.4, -0.2) is 26.8 Å². The van der Waals surface area contributed by atoms with E-state index in [1.165, 1.54) is 56.8 Å². The van der Waals surface area contributed by atoms with Crippen LogP contribution in [0.5, 0.6) is 11.5 Å². The van der Waals surface area contributed by atoms with Gasteiger partial charge in [0.05, 0.1) is 25.2 Å². The number of carbonyl (C=O) groups excluding carboxylic acids is 1. The minimum atomic E-state index is -0.317. The SMILES string of the molecule is COC(=O)c1ccc2c(c1)C(C)(c1ccc(OC)c(C34CC5CC(CC(C5)C3)C4)c1)CO2. The van der Waals surface area contributed by atoms with Crippen molar-refractivity contribution in [2.45, 2.75) is 56.3 Å². The van der Waals surface area contributed by atoms with E-state index in [2.05, 4.69) is 25.1 Å². The Labute approximate surface area is 190 Å². The van der Waals surface area contributed by atoms with Gasteiger partial charge in [0.25, 0.3) is 0 Å². The van der Waals surface area contributed by atoms with E-state index in [0.717, 1.165) is 34.8 Å². The van der Waals surface area contributed by atoms with Gasteiger partial charge in [0.1, 0.15) is 18.1 Å². The van der Waals surface area contributed by atoms with Crippen LogP contribution in [0, 0.1) is 17.8 Å². The lowest BCUT2D eigenvalue weighted by atomic mass is 9.48. The van der Waals surface area contributed by atoms with Crippen LogP contribution < -0.4 is 9.47 Å². The van der Waals surface area contributed by atoms with Gasteiger partial charge in [-0.3, -0.25) is 0 Å². The average Bonchev–Trinajstić information content (AvgIpc) is 3.14. The number of benzene rings is 2. The van der Waals surface area contributed by atoms with Crippen LogP contribution in [0.15, 0.2) is 36.4 Å². The monoisotopic (exact) mass is 432 g/mol. The summed E-state index contributed by atoms with van der Waals surface area (Å²) in [5, 5.41) is 0. The van der Waals surface area contributed by atoms with Crippen LogP contribution in [-0.2, 0) is 15.6 Å². The normalized spacial score (nSPS) is 34.2. The average molecular weight is 433 g/mol. The molecule has 1 unspecified atom stereocenters. The number of hydrogen-bond donors (Lipinski definition) is 0. The highest BCUT2D eigenvalue weighted by atomic mass is 16.5. The van der Waals surface area contributed by atoms with E-state index < -0.39 is 0 Å². The van der Waals surface area contributed by atoms with Gasteiger partial charge in [0, 0.05) is 11.1 Å². The molecule has 4 aliphatic carbocycles. The minimum absolute atomic E-state index is 0.253. The maximum atomic E-state index is 12.2. The van der Waals surface area contributed by atoms with Gasteiger partial charge in [0.15, 0.2) is 0 Å². The Morgan fingerprint density at radius 2 is 1.62 bits per heavy atom. The molecule has 0 saturated heterocycles. The number of ether oxygens (including phenoxy) is 3. The number of esters is 1. The van der Waals surface area contributed by atoms with E-state index in [-0.39, 0.29) is 16.8 Å². The summed E-state index contributed by atoms with van der Waals surface area (Å²) < 4.78 is 17.0. The molecule has 4 bridgehead atoms. The Kier molecular flexibility index (Phi) is 4.41. The summed E-state index contributed by atoms with van der Waals surface area (Å²) in [7, 11) is 3.23. The van der Waals surface area contributed by atoms with Crippen LogP contribution >= 0.6 is 0 Å². The zero-order valence-electron chi connectivity index (χ0n) is 19.3. The lowest BCUT2D eigenvalue weighted by molar-refractivity contribution is -0.00622. The van der Waals surface area contributed by atoms with E-state index in [1.807, 2.05) is 12.1 Å². The Bertz CT molecular complexity index is 1050. The third-order valence-corrected chi connectivity index (χ3v) is 8.96. The van der Waals surface area contributed by atoms with Gasteiger partial charge in [-0.05, 0) is 98.4 Å². The molecule has 0 radical (unpaired) electrons. The van der Waals surface area contributed by atoms with Crippen LogP contribution in [0.1, 0.15) is 72.5 Å². The second-order valence-electron chi connectivity index (χ2n) is 10.9. The smallest absolute Gasteiger partial charge is 0.337 e. The van der Waals surface area contributed by atoms with Crippen molar-refractivity contribution in [3.8, 4) is 11.5 Å². The molecule has 4 nitrogen and oxygen atoms in total. The first-order chi connectivity index (χ1) is 15.4. The zero-order valence-corrected chi connectivity index (χ0v) is 19.3. The summed E-state index contributed by atoms with van der Waals surface area (Å²) in [5.41, 5.74) is 4.20. The van der Waals surface area contributed by atoms with E-state index >= 15 is 0 Å². The van der Waals surface area contributed by atoms with Crippen molar-refractivity contribution in [2.24, 2.45) is 17.8 Å². The van der Waals surface area contributed by atoms with E-state index in [0.29, 0.717) is 12.2 Å². The first-order valence-electron chi connectivity index (χ1n) is 12.0. The number of methoxy groups -OCH3 is 2. The number of rotatable bonds is 4. The van der Waals surface area contributed by atoms with Crippen molar-refractivity contribution in [3.63, 3.8) is 0 Å². The number of carbonyl (C=O) groups is 1. The van der Waals surface area contributed by atoms with Crippen LogP contribution in [0.2, 0.25) is 0 Å². The summed E-state index contributed by atoms with van der Waals surface area (Å²) in [5.74, 6) is 4.20. The molecule has 4 saturated carbocycles. The van der Waals surface area contributed by atoms with Gasteiger partial charge in [-0.1, -0.05) is 12.1 Å². The van der Waals surface area contributed by atoms with Crippen molar-refractivity contribution in [3.05, 3.63) is 58.7 Å².